The van der Waals surface area contributed by atoms with Crippen molar-refractivity contribution in [1.82, 2.24) is 9.44 Å². The average Bonchev–Trinajstić information content (AvgIpc) is 2.14. The van der Waals surface area contributed by atoms with E-state index in [1.165, 1.54) is 7.11 Å². The quantitative estimate of drug-likeness (QED) is 0.341. The molecule has 0 bridgehead atoms. The van der Waals surface area contributed by atoms with Crippen molar-refractivity contribution < 1.29 is 23.4 Å². The van der Waals surface area contributed by atoms with Crippen molar-refractivity contribution >= 4 is 10.2 Å². The zero-order valence-electron chi connectivity index (χ0n) is 7.93. The Labute approximate surface area is 83.3 Å². The normalized spacial score (nSPS) is 12.3. The van der Waals surface area contributed by atoms with E-state index in [4.69, 9.17) is 10.2 Å². The van der Waals surface area contributed by atoms with Crippen LogP contribution in [0.3, 0.4) is 0 Å². The molecule has 0 aliphatic carbocycles. The average molecular weight is 228 g/mol. The summed E-state index contributed by atoms with van der Waals surface area (Å²) in [5.41, 5.74) is 0. The van der Waals surface area contributed by atoms with Crippen LogP contribution >= 0.6 is 0 Å². The summed E-state index contributed by atoms with van der Waals surface area (Å²) in [5, 5.41) is 17.2. The standard InChI is InChI=1S/C6H16N2O5S/c1-13-3-2-7-14(11,12)8-6(4-9)5-10/h6-10H,2-5H2,1H3. The molecule has 0 heterocycles. The molecule has 8 heteroatoms. The third-order valence-corrected chi connectivity index (χ3v) is 2.59. The number of aliphatic hydroxyl groups excluding tert-OH is 2. The van der Waals surface area contributed by atoms with Gasteiger partial charge in [0.15, 0.2) is 0 Å². The summed E-state index contributed by atoms with van der Waals surface area (Å²) < 4.78 is 31.1. The first-order valence-electron chi connectivity index (χ1n) is 4.03. The Hall–Kier alpha value is -0.250. The van der Waals surface area contributed by atoms with Crippen molar-refractivity contribution in [3.8, 4) is 0 Å². The van der Waals surface area contributed by atoms with Crippen molar-refractivity contribution in [1.29, 1.82) is 0 Å². The third kappa shape index (κ3) is 6.24. The van der Waals surface area contributed by atoms with Crippen LogP contribution in [0, 0.1) is 0 Å². The van der Waals surface area contributed by atoms with Crippen molar-refractivity contribution in [3.05, 3.63) is 0 Å². The Kier molecular flexibility index (Phi) is 6.97. The lowest BCUT2D eigenvalue weighted by molar-refractivity contribution is 0.184. The maximum atomic E-state index is 11.1. The van der Waals surface area contributed by atoms with Crippen LogP contribution < -0.4 is 9.44 Å². The molecule has 0 saturated heterocycles. The van der Waals surface area contributed by atoms with Crippen LogP contribution in [0.4, 0.5) is 0 Å². The molecule has 0 unspecified atom stereocenters. The number of nitrogens with one attached hydrogen (secondary N) is 2. The Morgan fingerprint density at radius 1 is 1.36 bits per heavy atom. The molecule has 0 radical (unpaired) electrons. The highest BCUT2D eigenvalue weighted by molar-refractivity contribution is 7.87. The van der Waals surface area contributed by atoms with Gasteiger partial charge in [-0.3, -0.25) is 0 Å². The second-order valence-corrected chi connectivity index (χ2v) is 4.10. The van der Waals surface area contributed by atoms with Crippen LogP contribution in [-0.2, 0) is 14.9 Å². The summed E-state index contributed by atoms with van der Waals surface area (Å²) in [4.78, 5) is 0. The molecule has 4 N–H and O–H groups in total. The van der Waals surface area contributed by atoms with E-state index in [-0.39, 0.29) is 13.2 Å². The molecule has 0 amide bonds. The van der Waals surface area contributed by atoms with Gasteiger partial charge in [0.25, 0.3) is 10.2 Å². The van der Waals surface area contributed by atoms with Crippen LogP contribution in [-0.4, -0.2) is 58.1 Å². The molecule has 0 saturated carbocycles. The lowest BCUT2D eigenvalue weighted by atomic mass is 10.4. The van der Waals surface area contributed by atoms with Crippen LogP contribution in [0.1, 0.15) is 0 Å². The van der Waals surface area contributed by atoms with E-state index in [1.54, 1.807) is 0 Å². The Morgan fingerprint density at radius 2 is 1.93 bits per heavy atom. The van der Waals surface area contributed by atoms with Gasteiger partial charge < -0.3 is 14.9 Å². The Morgan fingerprint density at radius 3 is 2.36 bits per heavy atom. The molecule has 7 nitrogen and oxygen atoms in total. The van der Waals surface area contributed by atoms with Crippen LogP contribution in [0.25, 0.3) is 0 Å². The summed E-state index contributed by atoms with van der Waals surface area (Å²) in [6.07, 6.45) is 0. The maximum Gasteiger partial charge on any atom is 0.277 e. The van der Waals surface area contributed by atoms with Gasteiger partial charge in [0.1, 0.15) is 0 Å². The highest BCUT2D eigenvalue weighted by Crippen LogP contribution is 1.84. The largest absolute Gasteiger partial charge is 0.395 e. The molecular formula is C6H16N2O5S. The van der Waals surface area contributed by atoms with E-state index in [9.17, 15) is 8.42 Å². The first kappa shape index (κ1) is 13.8. The molecule has 14 heavy (non-hydrogen) atoms. The Balaban J connectivity index is 3.93. The maximum absolute atomic E-state index is 11.1. The molecule has 0 aliphatic heterocycles. The second-order valence-electron chi connectivity index (χ2n) is 2.57. The fourth-order valence-electron chi connectivity index (χ4n) is 0.671. The SMILES string of the molecule is COCCNS(=O)(=O)NC(CO)CO. The fourth-order valence-corrected chi connectivity index (χ4v) is 1.69. The number of aliphatic hydroxyl groups is 2. The lowest BCUT2D eigenvalue weighted by Gasteiger charge is -2.13. The van der Waals surface area contributed by atoms with Crippen LogP contribution in [0.15, 0.2) is 0 Å². The molecule has 86 valence electrons. The van der Waals surface area contributed by atoms with Crippen LogP contribution in [0.2, 0.25) is 0 Å². The highest BCUT2D eigenvalue weighted by Gasteiger charge is 2.15. The minimum absolute atomic E-state index is 0.134. The number of methoxy groups -OCH3 is 1. The van der Waals surface area contributed by atoms with E-state index < -0.39 is 29.5 Å². The second kappa shape index (κ2) is 7.10. The summed E-state index contributed by atoms with van der Waals surface area (Å²) >= 11 is 0. The van der Waals surface area contributed by atoms with Crippen molar-refractivity contribution in [2.45, 2.75) is 6.04 Å². The number of rotatable bonds is 8. The van der Waals surface area contributed by atoms with E-state index in [1.807, 2.05) is 0 Å². The van der Waals surface area contributed by atoms with E-state index in [0.29, 0.717) is 0 Å². The van der Waals surface area contributed by atoms with Gasteiger partial charge in [-0.05, 0) is 0 Å². The van der Waals surface area contributed by atoms with E-state index >= 15 is 0 Å². The predicted octanol–water partition coefficient (Wildman–Crippen LogP) is -2.59. The van der Waals surface area contributed by atoms with E-state index in [2.05, 4.69) is 14.2 Å². The molecule has 0 spiro atoms. The first-order valence-corrected chi connectivity index (χ1v) is 5.51. The number of ether oxygens (including phenoxy) is 1. The molecule has 0 aromatic rings. The molecular weight excluding hydrogens is 212 g/mol. The van der Waals surface area contributed by atoms with Gasteiger partial charge in [-0.2, -0.15) is 17.9 Å². The van der Waals surface area contributed by atoms with E-state index in [0.717, 1.165) is 0 Å². The van der Waals surface area contributed by atoms with Crippen molar-refractivity contribution in [3.63, 3.8) is 0 Å². The Bertz CT molecular complexity index is 226. The first-order chi connectivity index (χ1) is 6.55. The minimum Gasteiger partial charge on any atom is -0.395 e. The zero-order valence-corrected chi connectivity index (χ0v) is 8.75. The van der Waals surface area contributed by atoms with Gasteiger partial charge in [0.2, 0.25) is 0 Å². The summed E-state index contributed by atoms with van der Waals surface area (Å²) in [6, 6.07) is -0.880. The molecule has 0 rings (SSSR count). The molecule has 0 aromatic carbocycles. The van der Waals surface area contributed by atoms with Crippen molar-refractivity contribution in [2.24, 2.45) is 0 Å². The summed E-state index contributed by atoms with van der Waals surface area (Å²) in [6.45, 7) is -0.525. The molecule has 0 aliphatic rings. The van der Waals surface area contributed by atoms with Crippen LogP contribution in [0.5, 0.6) is 0 Å². The summed E-state index contributed by atoms with van der Waals surface area (Å²) in [7, 11) is -2.23. The highest BCUT2D eigenvalue weighted by atomic mass is 32.2. The van der Waals surface area contributed by atoms with Crippen molar-refractivity contribution in [2.75, 3.05) is 33.5 Å². The van der Waals surface area contributed by atoms with Gasteiger partial charge in [-0.25, -0.2) is 0 Å². The fraction of sp³-hybridized carbons (Fsp3) is 1.00. The number of hydrogen-bond acceptors (Lipinski definition) is 5. The minimum atomic E-state index is -3.68. The van der Waals surface area contributed by atoms with Gasteiger partial charge in [-0.15, -0.1) is 0 Å². The monoisotopic (exact) mass is 228 g/mol. The lowest BCUT2D eigenvalue weighted by Crippen LogP contribution is -2.46. The smallest absolute Gasteiger partial charge is 0.277 e. The van der Waals surface area contributed by atoms with Gasteiger partial charge >= 0.3 is 0 Å². The van der Waals surface area contributed by atoms with Gasteiger partial charge in [-0.1, -0.05) is 0 Å². The van der Waals surface area contributed by atoms with Gasteiger partial charge in [0, 0.05) is 13.7 Å². The zero-order chi connectivity index (χ0) is 11.0. The molecule has 0 fully saturated rings. The topological polar surface area (TPSA) is 108 Å². The molecule has 0 atom stereocenters. The predicted molar refractivity (Wildman–Crippen MR) is 49.9 cm³/mol. The number of hydrogen-bond donors (Lipinski definition) is 4. The van der Waals surface area contributed by atoms with Gasteiger partial charge in [0.05, 0.1) is 25.9 Å². The third-order valence-electron chi connectivity index (χ3n) is 1.36. The molecule has 0 aromatic heterocycles. The summed E-state index contributed by atoms with van der Waals surface area (Å²) in [5.74, 6) is 0.